The summed E-state index contributed by atoms with van der Waals surface area (Å²) in [7, 11) is 0. The van der Waals surface area contributed by atoms with Crippen LogP contribution in [-0.2, 0) is 4.79 Å². The summed E-state index contributed by atoms with van der Waals surface area (Å²) in [6.07, 6.45) is 1.86. The first kappa shape index (κ1) is 5.15. The van der Waals surface area contributed by atoms with Gasteiger partial charge in [-0.3, -0.25) is 14.8 Å². The molecule has 0 amide bonds. The summed E-state index contributed by atoms with van der Waals surface area (Å²) in [5.74, 6) is 0. The van der Waals surface area contributed by atoms with Gasteiger partial charge in [0.15, 0.2) is 12.5 Å². The molecular weight excluding hydrogens is 104 g/mol. The number of rotatable bonds is 1. The highest BCUT2D eigenvalue weighted by atomic mass is 16.1. The van der Waals surface area contributed by atoms with Crippen molar-refractivity contribution in [1.82, 2.24) is 0 Å². The zero-order valence-electron chi connectivity index (χ0n) is 4.53. The van der Waals surface area contributed by atoms with Gasteiger partial charge in [0, 0.05) is 6.21 Å². The molecule has 0 saturated carbocycles. The Bertz CT molecular complexity index is 160. The van der Waals surface area contributed by atoms with E-state index in [-0.39, 0.29) is 0 Å². The molecule has 0 aromatic rings. The Morgan fingerprint density at radius 1 is 1.88 bits per heavy atom. The number of aliphatic imine (C=N–C) groups is 2. The minimum atomic E-state index is -0.449. The third-order valence-electron chi connectivity index (χ3n) is 0.872. The Hall–Kier alpha value is -0.990. The topological polar surface area (TPSA) is 41.8 Å². The van der Waals surface area contributed by atoms with Crippen molar-refractivity contribution in [3.8, 4) is 0 Å². The van der Waals surface area contributed by atoms with Crippen LogP contribution in [0.15, 0.2) is 9.98 Å². The third-order valence-corrected chi connectivity index (χ3v) is 0.872. The largest absolute Gasteiger partial charge is 0.299 e. The van der Waals surface area contributed by atoms with Gasteiger partial charge in [0.2, 0.25) is 0 Å². The molecule has 0 N–H and O–H groups in total. The van der Waals surface area contributed by atoms with E-state index in [9.17, 15) is 4.79 Å². The summed E-state index contributed by atoms with van der Waals surface area (Å²) in [6.45, 7) is 1.81. The molecule has 1 rings (SSSR count). The van der Waals surface area contributed by atoms with E-state index in [4.69, 9.17) is 0 Å². The Morgan fingerprint density at radius 3 is 2.88 bits per heavy atom. The zero-order chi connectivity index (χ0) is 5.98. The van der Waals surface area contributed by atoms with E-state index in [0.717, 1.165) is 5.71 Å². The fourth-order valence-corrected chi connectivity index (χ4v) is 0.525. The minimum Gasteiger partial charge on any atom is -0.299 e. The molecule has 8 heavy (non-hydrogen) atoms. The summed E-state index contributed by atoms with van der Waals surface area (Å²) < 4.78 is 0. The molecule has 1 heterocycles. The predicted molar refractivity (Wildman–Crippen MR) is 31.5 cm³/mol. The van der Waals surface area contributed by atoms with Crippen molar-refractivity contribution >= 4 is 18.2 Å². The zero-order valence-corrected chi connectivity index (χ0v) is 4.53. The number of carbonyl (C=O) groups excluding carboxylic acids is 1. The maximum absolute atomic E-state index is 9.93. The monoisotopic (exact) mass is 110 g/mol. The van der Waals surface area contributed by atoms with Gasteiger partial charge in [-0.2, -0.15) is 0 Å². The first-order chi connectivity index (χ1) is 3.83. The number of nitrogens with zero attached hydrogens (tertiary/aromatic N) is 2. The van der Waals surface area contributed by atoms with Crippen molar-refractivity contribution in [3.63, 3.8) is 0 Å². The normalized spacial score (nSPS) is 25.6. The molecule has 0 spiro atoms. The first-order valence-corrected chi connectivity index (χ1v) is 2.36. The lowest BCUT2D eigenvalue weighted by atomic mass is 10.5. The third kappa shape index (κ3) is 0.804. The molecule has 42 valence electrons. The van der Waals surface area contributed by atoms with Crippen LogP contribution in [-0.4, -0.2) is 24.4 Å². The first-order valence-electron chi connectivity index (χ1n) is 2.36. The van der Waals surface area contributed by atoms with Gasteiger partial charge < -0.3 is 0 Å². The van der Waals surface area contributed by atoms with Crippen LogP contribution in [0.4, 0.5) is 0 Å². The molecule has 0 bridgehead atoms. The summed E-state index contributed by atoms with van der Waals surface area (Å²) in [5, 5.41) is 0. The van der Waals surface area contributed by atoms with Gasteiger partial charge in [0.1, 0.15) is 0 Å². The van der Waals surface area contributed by atoms with Crippen molar-refractivity contribution in [2.75, 3.05) is 0 Å². The summed E-state index contributed by atoms with van der Waals surface area (Å²) in [4.78, 5) is 17.5. The molecule has 3 nitrogen and oxygen atoms in total. The Labute approximate surface area is 47.1 Å². The second-order valence-electron chi connectivity index (χ2n) is 1.60. The van der Waals surface area contributed by atoms with E-state index in [2.05, 4.69) is 9.98 Å². The highest BCUT2D eigenvalue weighted by molar-refractivity contribution is 6.31. The quantitative estimate of drug-likeness (QED) is 0.440. The van der Waals surface area contributed by atoms with Crippen molar-refractivity contribution in [3.05, 3.63) is 0 Å². The number of aldehydes is 1. The standard InChI is InChI=1S/C5H6N2O/c1-4-2-6-5(3-8)7-4/h2-3,5H,1H3. The average Bonchev–Trinajstić information content (AvgIpc) is 2.14. The van der Waals surface area contributed by atoms with Crippen LogP contribution in [0.25, 0.3) is 0 Å². The van der Waals surface area contributed by atoms with Gasteiger partial charge in [-0.25, -0.2) is 0 Å². The van der Waals surface area contributed by atoms with Crippen LogP contribution < -0.4 is 0 Å². The second-order valence-corrected chi connectivity index (χ2v) is 1.60. The molecule has 1 aliphatic heterocycles. The molecule has 0 aromatic carbocycles. The van der Waals surface area contributed by atoms with Crippen LogP contribution in [0.1, 0.15) is 6.92 Å². The SMILES string of the molecule is CC1=NC(C=O)N=C1. The van der Waals surface area contributed by atoms with E-state index >= 15 is 0 Å². The van der Waals surface area contributed by atoms with Crippen molar-refractivity contribution in [1.29, 1.82) is 0 Å². The Kier molecular flexibility index (Phi) is 1.20. The smallest absolute Gasteiger partial charge is 0.195 e. The molecule has 1 unspecified atom stereocenters. The molecule has 0 aromatic heterocycles. The highest BCUT2D eigenvalue weighted by Crippen LogP contribution is 1.95. The summed E-state index contributed by atoms with van der Waals surface area (Å²) in [6, 6.07) is 0. The Morgan fingerprint density at radius 2 is 2.62 bits per heavy atom. The van der Waals surface area contributed by atoms with Crippen molar-refractivity contribution in [2.24, 2.45) is 9.98 Å². The van der Waals surface area contributed by atoms with Gasteiger partial charge in [-0.1, -0.05) is 0 Å². The second kappa shape index (κ2) is 1.86. The van der Waals surface area contributed by atoms with Crippen molar-refractivity contribution < 1.29 is 4.79 Å². The predicted octanol–water partition coefficient (Wildman–Crippen LogP) is 0.0567. The van der Waals surface area contributed by atoms with Crippen LogP contribution in [0, 0.1) is 0 Å². The lowest BCUT2D eigenvalue weighted by molar-refractivity contribution is -0.108. The molecule has 0 fully saturated rings. The minimum absolute atomic E-state index is 0.449. The molecule has 1 atom stereocenters. The fourth-order valence-electron chi connectivity index (χ4n) is 0.525. The summed E-state index contributed by atoms with van der Waals surface area (Å²) >= 11 is 0. The van der Waals surface area contributed by atoms with Gasteiger partial charge in [-0.15, -0.1) is 0 Å². The highest BCUT2D eigenvalue weighted by Gasteiger charge is 2.04. The number of hydrogen-bond acceptors (Lipinski definition) is 3. The molecular formula is C5H6N2O. The van der Waals surface area contributed by atoms with Gasteiger partial charge in [-0.05, 0) is 6.92 Å². The van der Waals surface area contributed by atoms with Crippen LogP contribution in [0.5, 0.6) is 0 Å². The van der Waals surface area contributed by atoms with Crippen molar-refractivity contribution in [2.45, 2.75) is 13.1 Å². The van der Waals surface area contributed by atoms with Crippen LogP contribution in [0.2, 0.25) is 0 Å². The summed E-state index contributed by atoms with van der Waals surface area (Å²) in [5.41, 5.74) is 0.821. The molecule has 0 radical (unpaired) electrons. The van der Waals surface area contributed by atoms with E-state index in [1.54, 1.807) is 6.21 Å². The molecule has 0 saturated heterocycles. The number of carbonyl (C=O) groups is 1. The molecule has 3 heteroatoms. The number of hydrogen-bond donors (Lipinski definition) is 0. The van der Waals surface area contributed by atoms with Gasteiger partial charge >= 0.3 is 0 Å². The van der Waals surface area contributed by atoms with E-state index < -0.39 is 6.17 Å². The maximum atomic E-state index is 9.93. The van der Waals surface area contributed by atoms with Gasteiger partial charge in [0.25, 0.3) is 0 Å². The van der Waals surface area contributed by atoms with Crippen LogP contribution in [0.3, 0.4) is 0 Å². The van der Waals surface area contributed by atoms with Gasteiger partial charge in [0.05, 0.1) is 5.71 Å². The maximum Gasteiger partial charge on any atom is 0.195 e. The van der Waals surface area contributed by atoms with E-state index in [1.165, 1.54) is 0 Å². The average molecular weight is 110 g/mol. The Balaban J connectivity index is 2.68. The lowest BCUT2D eigenvalue weighted by Gasteiger charge is -1.84. The molecule has 0 aliphatic carbocycles. The fraction of sp³-hybridized carbons (Fsp3) is 0.400. The van der Waals surface area contributed by atoms with E-state index in [1.807, 2.05) is 6.92 Å². The lowest BCUT2D eigenvalue weighted by Crippen LogP contribution is -1.96. The van der Waals surface area contributed by atoms with Crippen LogP contribution >= 0.6 is 0 Å². The molecule has 1 aliphatic rings. The van der Waals surface area contributed by atoms with E-state index in [0.29, 0.717) is 6.29 Å².